The van der Waals surface area contributed by atoms with E-state index in [1.54, 1.807) is 30.3 Å². The zero-order valence-corrected chi connectivity index (χ0v) is 39.9. The van der Waals surface area contributed by atoms with E-state index >= 15 is 0 Å². The topological polar surface area (TPSA) is 308 Å². The van der Waals surface area contributed by atoms with Crippen LogP contribution in [0.15, 0.2) is 60.7 Å². The van der Waals surface area contributed by atoms with Crippen LogP contribution in [-0.2, 0) is 35.2 Å². The van der Waals surface area contributed by atoms with Crippen LogP contribution in [0.2, 0.25) is 0 Å². The van der Waals surface area contributed by atoms with Crippen LogP contribution >= 0.6 is 0 Å². The van der Waals surface area contributed by atoms with Gasteiger partial charge in [-0.3, -0.25) is 33.6 Å². The van der Waals surface area contributed by atoms with Gasteiger partial charge < -0.3 is 67.9 Å². The molecule has 0 spiro atoms. The number of aryl methyl sites for hydroxylation is 1. The zero-order valence-electron chi connectivity index (χ0n) is 39.9. The summed E-state index contributed by atoms with van der Waals surface area (Å²) in [7, 11) is 0. The Bertz CT molecular complexity index is 2330. The molecule has 3 heterocycles. The molecule has 0 saturated carbocycles. The second-order valence-electron chi connectivity index (χ2n) is 18.6. The minimum absolute atomic E-state index is 0.0179. The van der Waals surface area contributed by atoms with E-state index in [0.717, 1.165) is 41.4 Å². The van der Waals surface area contributed by atoms with Crippen LogP contribution in [0.4, 0.5) is 0 Å². The molecule has 0 bridgehead atoms. The van der Waals surface area contributed by atoms with Crippen molar-refractivity contribution in [3.05, 3.63) is 71.8 Å². The third-order valence-corrected chi connectivity index (χ3v) is 13.2. The van der Waals surface area contributed by atoms with Crippen molar-refractivity contribution < 1.29 is 53.6 Å². The number of amides is 7. The Balaban J connectivity index is 1.25. The van der Waals surface area contributed by atoms with Gasteiger partial charge in [-0.05, 0) is 111 Å². The summed E-state index contributed by atoms with van der Waals surface area (Å²) < 4.78 is 5.97. The summed E-state index contributed by atoms with van der Waals surface area (Å²) in [6.45, 7) is 3.07. The maximum Gasteiger partial charge on any atom is 0.251 e. The quantitative estimate of drug-likeness (QED) is 0.0990. The van der Waals surface area contributed by atoms with E-state index in [1.807, 2.05) is 18.2 Å². The number of aliphatic hydroxyl groups is 2. The zero-order chi connectivity index (χ0) is 50.5. The molecule has 20 nitrogen and oxygen atoms in total. The lowest BCUT2D eigenvalue weighted by Crippen LogP contribution is -2.62. The molecule has 9 atom stereocenters. The summed E-state index contributed by atoms with van der Waals surface area (Å²) in [6.07, 6.45) is 3.57. The molecule has 3 saturated heterocycles. The lowest BCUT2D eigenvalue weighted by atomic mass is 10.0. The van der Waals surface area contributed by atoms with Gasteiger partial charge in [0.15, 0.2) is 0 Å². The molecular weight excluding hydrogens is 903 g/mol. The normalized spacial score (nSPS) is 25.7. The van der Waals surface area contributed by atoms with Gasteiger partial charge in [0.2, 0.25) is 35.4 Å². The fraction of sp³-hybridized carbons (Fsp3) is 0.540. The van der Waals surface area contributed by atoms with Gasteiger partial charge in [0.05, 0.1) is 25.5 Å². The first-order chi connectivity index (χ1) is 33.6. The van der Waals surface area contributed by atoms with E-state index in [0.29, 0.717) is 17.9 Å². The molecule has 0 aliphatic carbocycles. The number of phenolic OH excluding ortho intramolecular Hbond substituents is 1. The molecule has 380 valence electrons. The highest BCUT2D eigenvalue weighted by Gasteiger charge is 2.45. The highest BCUT2D eigenvalue weighted by atomic mass is 16.5. The Morgan fingerprint density at radius 3 is 2.26 bits per heavy atom. The number of carbonyl (C=O) groups is 7. The van der Waals surface area contributed by atoms with Gasteiger partial charge in [-0.2, -0.15) is 0 Å². The first-order valence-electron chi connectivity index (χ1n) is 24.4. The number of benzene rings is 3. The molecule has 70 heavy (non-hydrogen) atoms. The summed E-state index contributed by atoms with van der Waals surface area (Å²) in [6, 6.07) is 8.02. The fourth-order valence-corrected chi connectivity index (χ4v) is 9.24. The molecule has 3 aromatic carbocycles. The summed E-state index contributed by atoms with van der Waals surface area (Å²) in [4.78, 5) is 101. The average Bonchev–Trinajstić information content (AvgIpc) is 3.94. The Labute approximate surface area is 407 Å². The van der Waals surface area contributed by atoms with Crippen molar-refractivity contribution in [2.24, 2.45) is 11.5 Å². The number of hydrogen-bond donors (Lipinski definition) is 10. The number of aromatic hydroxyl groups is 1. The van der Waals surface area contributed by atoms with E-state index in [4.69, 9.17) is 16.2 Å². The number of phenols is 1. The highest BCUT2D eigenvalue weighted by molar-refractivity contribution is 6.02. The van der Waals surface area contributed by atoms with E-state index in [-0.39, 0.29) is 69.3 Å². The minimum atomic E-state index is -1.61. The van der Waals surface area contributed by atoms with Crippen LogP contribution in [-0.4, -0.2) is 147 Å². The summed E-state index contributed by atoms with van der Waals surface area (Å²) in [5, 5.41) is 46.2. The van der Waals surface area contributed by atoms with E-state index in [1.165, 1.54) is 30.4 Å². The maximum absolute atomic E-state index is 14.2. The molecule has 3 fully saturated rings. The predicted octanol–water partition coefficient (Wildman–Crippen LogP) is 0.567. The van der Waals surface area contributed by atoms with E-state index in [2.05, 4.69) is 33.5 Å². The number of unbranched alkanes of at least 4 members (excludes halogenated alkanes) is 4. The number of hydrogen-bond acceptors (Lipinski definition) is 13. The minimum Gasteiger partial charge on any atom is -0.508 e. The predicted molar refractivity (Wildman–Crippen MR) is 259 cm³/mol. The molecule has 3 aromatic rings. The number of fused-ring (bicyclic) bond motifs is 3. The summed E-state index contributed by atoms with van der Waals surface area (Å²) >= 11 is 0. The molecule has 6 rings (SSSR count). The molecule has 12 N–H and O–H groups in total. The van der Waals surface area contributed by atoms with Crippen molar-refractivity contribution in [3.63, 3.8) is 0 Å². The first-order valence-corrected chi connectivity index (χ1v) is 24.4. The highest BCUT2D eigenvalue weighted by Crippen LogP contribution is 2.26. The smallest absolute Gasteiger partial charge is 0.251 e. The van der Waals surface area contributed by atoms with Crippen molar-refractivity contribution in [2.75, 3.05) is 26.3 Å². The fourth-order valence-electron chi connectivity index (χ4n) is 9.24. The van der Waals surface area contributed by atoms with Crippen molar-refractivity contribution >= 4 is 52.1 Å². The van der Waals surface area contributed by atoms with Crippen LogP contribution in [0.25, 0.3) is 10.8 Å². The van der Waals surface area contributed by atoms with Crippen molar-refractivity contribution in [3.8, 4) is 11.5 Å². The van der Waals surface area contributed by atoms with Gasteiger partial charge in [-0.25, -0.2) is 0 Å². The van der Waals surface area contributed by atoms with E-state index < -0.39 is 103 Å². The number of ether oxygens (including phenoxy) is 1. The van der Waals surface area contributed by atoms with Gasteiger partial charge in [0.25, 0.3) is 5.91 Å². The average molecular weight is 972 g/mol. The van der Waals surface area contributed by atoms with Crippen molar-refractivity contribution in [2.45, 2.75) is 145 Å². The number of rotatable bonds is 14. The Morgan fingerprint density at radius 2 is 1.53 bits per heavy atom. The van der Waals surface area contributed by atoms with Crippen LogP contribution in [0.5, 0.6) is 11.5 Å². The Kier molecular flexibility index (Phi) is 18.9. The van der Waals surface area contributed by atoms with Crippen LogP contribution in [0.3, 0.4) is 0 Å². The maximum atomic E-state index is 14.2. The molecule has 7 amide bonds. The molecule has 0 radical (unpaired) electrons. The molecule has 0 aromatic heterocycles. The first kappa shape index (κ1) is 53.0. The second-order valence-corrected chi connectivity index (χ2v) is 18.6. The monoisotopic (exact) mass is 972 g/mol. The molecule has 3 aliphatic rings. The number of nitrogens with zero attached hydrogens (tertiary/aromatic N) is 2. The molecule has 20 heteroatoms. The molecule has 0 unspecified atom stereocenters. The van der Waals surface area contributed by atoms with Gasteiger partial charge in [0, 0.05) is 24.7 Å². The van der Waals surface area contributed by atoms with Gasteiger partial charge in [-0.1, -0.05) is 56.9 Å². The Hall–Kier alpha value is -6.35. The number of nitrogens with two attached hydrogens (primary N) is 2. The number of carbonyl (C=O) groups excluding carboxylic acids is 7. The Morgan fingerprint density at radius 1 is 0.814 bits per heavy atom. The standard InChI is InChI=1S/C50H69N9O11/c1-3-4-5-6-7-23-70-36-18-15-31-24-33(14-13-32(31)25-36)44(63)54-37-9-8-22-53-47(66)41-26-34(51)27-58(41)50(69)43(29(2)61)57-46(65)38(19-12-30-10-16-35(62)17-11-30)55-48(67)40-20-21-42(52)59(40)49(68)39(28-60)56-45(37)64/h10-11,13-18,24-25,29,34,37-43,60-62H,3-9,12,19-23,26-28,51-52H2,1-2H3,(H,53,66)(H,54,63)(H,55,67)(H,56,64)(H,57,65)/t29-,34-,37-,38-,39-,40-,41-,42+,43-/m0/s1. The third kappa shape index (κ3) is 13.7. The summed E-state index contributed by atoms with van der Waals surface area (Å²) in [5.74, 6) is -4.61. The largest absolute Gasteiger partial charge is 0.508 e. The SMILES string of the molecule is CCCCCCCOc1ccc2cc(C(=O)N[C@H]3CCCNC(=O)[C@@H]4C[C@H](N)CN4C(=O)[C@H]([C@H](C)O)NC(=O)[C@H](CCc4ccc(O)cc4)NC(=O)[C@@H]4CC[C@H](N)N4C(=O)[C@H](CO)NC3=O)ccc2c1. The molecule has 3 aliphatic heterocycles. The van der Waals surface area contributed by atoms with E-state index in [9.17, 15) is 48.9 Å². The lowest BCUT2D eigenvalue weighted by molar-refractivity contribution is -0.145. The van der Waals surface area contributed by atoms with Crippen LogP contribution in [0, 0.1) is 0 Å². The van der Waals surface area contributed by atoms with Crippen molar-refractivity contribution in [1.82, 2.24) is 36.4 Å². The summed E-state index contributed by atoms with van der Waals surface area (Å²) in [5.41, 5.74) is 13.6. The third-order valence-electron chi connectivity index (χ3n) is 13.2. The van der Waals surface area contributed by atoms with Gasteiger partial charge >= 0.3 is 0 Å². The lowest BCUT2D eigenvalue weighted by Gasteiger charge is -2.33. The van der Waals surface area contributed by atoms with Gasteiger partial charge in [-0.15, -0.1) is 0 Å². The van der Waals surface area contributed by atoms with Crippen LogP contribution in [0.1, 0.15) is 100 Å². The molecular formula is C50H69N9O11. The number of nitrogens with one attached hydrogen (secondary N) is 5. The second kappa shape index (κ2) is 25.0. The van der Waals surface area contributed by atoms with Crippen LogP contribution < -0.4 is 42.8 Å². The van der Waals surface area contributed by atoms with Gasteiger partial charge in [0.1, 0.15) is 47.8 Å². The van der Waals surface area contributed by atoms with Crippen molar-refractivity contribution in [1.29, 1.82) is 0 Å². The number of aliphatic hydroxyl groups excluding tert-OH is 2.